The molecule has 0 aliphatic carbocycles. The van der Waals surface area contributed by atoms with Crippen LogP contribution in [0.5, 0.6) is 5.88 Å². The predicted octanol–water partition coefficient (Wildman–Crippen LogP) is 2.33. The van der Waals surface area contributed by atoms with Crippen molar-refractivity contribution in [2.75, 3.05) is 23.3 Å². The quantitative estimate of drug-likeness (QED) is 0.668. The van der Waals surface area contributed by atoms with Gasteiger partial charge in [-0.15, -0.1) is 10.2 Å². The van der Waals surface area contributed by atoms with Crippen LogP contribution in [0.15, 0.2) is 12.1 Å². The first-order chi connectivity index (χ1) is 14.6. The zero-order chi connectivity index (χ0) is 22.3. The van der Waals surface area contributed by atoms with Crippen molar-refractivity contribution in [1.82, 2.24) is 20.4 Å². The number of carbonyl (C=O) groups excluding carboxylic acids is 1. The molecule has 0 aromatic carbocycles. The normalized spacial score (nSPS) is 22.4. The van der Waals surface area contributed by atoms with Gasteiger partial charge in [-0.05, 0) is 32.8 Å². The third-order valence-corrected chi connectivity index (χ3v) is 5.53. The summed E-state index contributed by atoms with van der Waals surface area (Å²) in [5.74, 6) is -2.71. The Labute approximate surface area is 176 Å². The molecular weight excluding hydrogens is 417 g/mol. The Bertz CT molecular complexity index is 938. The number of alkyl halides is 3. The van der Waals surface area contributed by atoms with Crippen molar-refractivity contribution in [2.24, 2.45) is 0 Å². The minimum absolute atomic E-state index is 0.0138. The summed E-state index contributed by atoms with van der Waals surface area (Å²) in [7, 11) is 0. The van der Waals surface area contributed by atoms with Gasteiger partial charge < -0.3 is 20.1 Å². The first-order valence-electron chi connectivity index (χ1n) is 10.0. The van der Waals surface area contributed by atoms with Crippen LogP contribution in [0.25, 0.3) is 0 Å². The number of aromatic amines is 1. The Morgan fingerprint density at radius 2 is 1.94 bits per heavy atom. The second kappa shape index (κ2) is 7.98. The number of hydrogen-bond acceptors (Lipinski definition) is 7. The van der Waals surface area contributed by atoms with Crippen LogP contribution in [0, 0.1) is 0 Å². The molecule has 0 unspecified atom stereocenters. The maximum atomic E-state index is 13.6. The van der Waals surface area contributed by atoms with E-state index in [1.807, 2.05) is 18.7 Å². The summed E-state index contributed by atoms with van der Waals surface area (Å²) in [5.41, 5.74) is 0.135. The maximum Gasteiger partial charge on any atom is 0.398 e. The molecule has 1 amide bonds. The van der Waals surface area contributed by atoms with Crippen LogP contribution in [0.2, 0.25) is 0 Å². The highest BCUT2D eigenvalue weighted by Gasteiger charge is 2.53. The van der Waals surface area contributed by atoms with Gasteiger partial charge in [0.15, 0.2) is 11.6 Å². The fraction of sp³-hybridized carbons (Fsp3) is 0.579. The van der Waals surface area contributed by atoms with Crippen molar-refractivity contribution in [2.45, 2.75) is 56.9 Å². The number of nitrogens with zero attached hydrogens (tertiary/aromatic N) is 4. The van der Waals surface area contributed by atoms with Gasteiger partial charge >= 0.3 is 6.18 Å². The monoisotopic (exact) mass is 440 g/mol. The summed E-state index contributed by atoms with van der Waals surface area (Å²) in [6, 6.07) is 3.53. The molecular formula is C19H23F3N6O3. The number of aliphatic hydroxyl groups excluding tert-OH is 1. The lowest BCUT2D eigenvalue weighted by Gasteiger charge is -2.34. The van der Waals surface area contributed by atoms with Gasteiger partial charge in [-0.25, -0.2) is 0 Å². The van der Waals surface area contributed by atoms with E-state index in [1.165, 1.54) is 0 Å². The van der Waals surface area contributed by atoms with Crippen molar-refractivity contribution in [3.63, 3.8) is 0 Å². The van der Waals surface area contributed by atoms with Crippen LogP contribution in [0.4, 0.5) is 24.8 Å². The molecule has 0 radical (unpaired) electrons. The first kappa shape index (κ1) is 21.3. The summed E-state index contributed by atoms with van der Waals surface area (Å²) in [6.45, 7) is 4.90. The molecule has 2 aliphatic heterocycles. The molecule has 168 valence electrons. The lowest BCUT2D eigenvalue weighted by Crippen LogP contribution is -2.44. The molecule has 2 aromatic rings. The second-order valence-corrected chi connectivity index (χ2v) is 8.01. The highest BCUT2D eigenvalue weighted by Crippen LogP contribution is 2.47. The van der Waals surface area contributed by atoms with Gasteiger partial charge in [-0.1, -0.05) is 0 Å². The number of amides is 1. The number of H-pyrrole nitrogens is 1. The van der Waals surface area contributed by atoms with Gasteiger partial charge in [-0.2, -0.15) is 18.3 Å². The Morgan fingerprint density at radius 3 is 2.52 bits per heavy atom. The summed E-state index contributed by atoms with van der Waals surface area (Å²) in [4.78, 5) is 13.7. The number of ether oxygens (including phenoxy) is 1. The number of fused-ring (bicyclic) bond motifs is 1. The topological polar surface area (TPSA) is 116 Å². The molecule has 12 heteroatoms. The number of piperidine rings is 1. The van der Waals surface area contributed by atoms with E-state index in [2.05, 4.69) is 25.7 Å². The number of nitrogens with one attached hydrogen (secondary N) is 2. The summed E-state index contributed by atoms with van der Waals surface area (Å²) in [5, 5.41) is 26.9. The molecule has 4 rings (SSSR count). The van der Waals surface area contributed by atoms with Crippen molar-refractivity contribution < 1.29 is 27.8 Å². The molecule has 3 N–H and O–H groups in total. The SMILES string of the molecule is CC(C)Oc1ccc(N2CCC(c3[nH]nc4c3[C@@H](C(F)(F)F)[C@@H](O)C(=O)N4)CC2)nn1. The molecule has 1 saturated heterocycles. The molecule has 2 aromatic heterocycles. The molecule has 1 fully saturated rings. The molecule has 31 heavy (non-hydrogen) atoms. The number of aliphatic hydroxyl groups is 1. The second-order valence-electron chi connectivity index (χ2n) is 8.01. The lowest BCUT2D eigenvalue weighted by molar-refractivity contribution is -0.177. The van der Waals surface area contributed by atoms with Crippen molar-refractivity contribution in [1.29, 1.82) is 0 Å². The van der Waals surface area contributed by atoms with Crippen LogP contribution in [-0.2, 0) is 4.79 Å². The van der Waals surface area contributed by atoms with Gasteiger partial charge in [0.1, 0.15) is 12.0 Å². The summed E-state index contributed by atoms with van der Waals surface area (Å²) in [6.07, 6.45) is -5.89. The number of carbonyl (C=O) groups is 1. The molecule has 2 aliphatic rings. The van der Waals surface area contributed by atoms with Crippen LogP contribution < -0.4 is 15.0 Å². The fourth-order valence-electron chi connectivity index (χ4n) is 4.11. The maximum absolute atomic E-state index is 13.6. The molecule has 9 nitrogen and oxygen atoms in total. The van der Waals surface area contributed by atoms with Crippen molar-refractivity contribution in [3.8, 4) is 5.88 Å². The average Bonchev–Trinajstić information content (AvgIpc) is 3.11. The predicted molar refractivity (Wildman–Crippen MR) is 104 cm³/mol. The standard InChI is InChI=1S/C19H23F3N6O3/c1-9(2)31-12-4-3-11(24-25-12)28-7-5-10(6-8-28)15-13-14(19(20,21)22)16(29)18(30)23-17(13)27-26-15/h3-4,9-10,14,16,29H,5-8H2,1-2H3,(H2,23,26,27,30)/t14-,16-/m1/s1. The van der Waals surface area contributed by atoms with E-state index in [-0.39, 0.29) is 23.4 Å². The molecule has 4 heterocycles. The van der Waals surface area contributed by atoms with E-state index >= 15 is 0 Å². The number of aromatic nitrogens is 4. The highest BCUT2D eigenvalue weighted by atomic mass is 19.4. The third-order valence-electron chi connectivity index (χ3n) is 5.53. The van der Waals surface area contributed by atoms with E-state index in [9.17, 15) is 23.1 Å². The Balaban J connectivity index is 1.50. The average molecular weight is 440 g/mol. The number of halogens is 3. The van der Waals surface area contributed by atoms with Crippen LogP contribution >= 0.6 is 0 Å². The van der Waals surface area contributed by atoms with E-state index in [0.29, 0.717) is 43.3 Å². The largest absolute Gasteiger partial charge is 0.474 e. The van der Waals surface area contributed by atoms with Crippen LogP contribution in [0.1, 0.15) is 49.8 Å². The van der Waals surface area contributed by atoms with Gasteiger partial charge in [0.25, 0.3) is 5.91 Å². The molecule has 0 bridgehead atoms. The van der Waals surface area contributed by atoms with Crippen molar-refractivity contribution in [3.05, 3.63) is 23.4 Å². The van der Waals surface area contributed by atoms with E-state index in [0.717, 1.165) is 0 Å². The zero-order valence-corrected chi connectivity index (χ0v) is 17.0. The smallest absolute Gasteiger partial charge is 0.398 e. The van der Waals surface area contributed by atoms with Gasteiger partial charge in [0.2, 0.25) is 5.88 Å². The first-order valence-corrected chi connectivity index (χ1v) is 10.0. The summed E-state index contributed by atoms with van der Waals surface area (Å²) >= 11 is 0. The number of anilines is 2. The zero-order valence-electron chi connectivity index (χ0n) is 17.0. The van der Waals surface area contributed by atoms with Crippen molar-refractivity contribution >= 4 is 17.5 Å². The van der Waals surface area contributed by atoms with E-state index in [4.69, 9.17) is 4.74 Å². The Kier molecular flexibility index (Phi) is 5.50. The van der Waals surface area contributed by atoms with Gasteiger partial charge in [-0.3, -0.25) is 9.89 Å². The third kappa shape index (κ3) is 4.16. The Morgan fingerprint density at radius 1 is 1.23 bits per heavy atom. The van der Waals surface area contributed by atoms with E-state index < -0.39 is 24.1 Å². The van der Waals surface area contributed by atoms with Crippen LogP contribution in [-0.4, -0.2) is 62.9 Å². The minimum Gasteiger partial charge on any atom is -0.474 e. The van der Waals surface area contributed by atoms with Gasteiger partial charge in [0, 0.05) is 36.3 Å². The fourth-order valence-corrected chi connectivity index (χ4v) is 4.11. The number of rotatable bonds is 4. The highest BCUT2D eigenvalue weighted by molar-refractivity contribution is 5.97. The molecule has 0 spiro atoms. The molecule has 2 atom stereocenters. The van der Waals surface area contributed by atoms with Crippen LogP contribution in [0.3, 0.4) is 0 Å². The summed E-state index contributed by atoms with van der Waals surface area (Å²) < 4.78 is 46.4. The Hall–Kier alpha value is -2.89. The number of hydrogen-bond donors (Lipinski definition) is 3. The van der Waals surface area contributed by atoms with E-state index in [1.54, 1.807) is 12.1 Å². The van der Waals surface area contributed by atoms with Gasteiger partial charge in [0.05, 0.1) is 6.10 Å². The lowest BCUT2D eigenvalue weighted by atomic mass is 9.83. The molecule has 0 saturated carbocycles. The minimum atomic E-state index is -4.78.